The van der Waals surface area contributed by atoms with Crippen molar-refractivity contribution in [2.75, 3.05) is 13.2 Å². The third-order valence-electron chi connectivity index (χ3n) is 10.8. The summed E-state index contributed by atoms with van der Waals surface area (Å²) in [6.45, 7) is 4.80. The normalized spacial score (nSPS) is 13.1. The van der Waals surface area contributed by atoms with Gasteiger partial charge in [0.25, 0.3) is 0 Å². The highest BCUT2D eigenvalue weighted by molar-refractivity contribution is 5.76. The van der Waals surface area contributed by atoms with Crippen LogP contribution < -0.4 is 5.32 Å². The van der Waals surface area contributed by atoms with Crippen LogP contribution in [-0.2, 0) is 14.3 Å². The molecule has 332 valence electrons. The Hall–Kier alpha value is -2.18. The second-order valence-electron chi connectivity index (χ2n) is 16.4. The summed E-state index contributed by atoms with van der Waals surface area (Å²) in [6, 6.07) is -0.639. The molecule has 0 aromatic rings. The van der Waals surface area contributed by atoms with Crippen LogP contribution in [0.3, 0.4) is 0 Å². The molecule has 0 radical (unpaired) electrons. The van der Waals surface area contributed by atoms with Gasteiger partial charge in [0.2, 0.25) is 5.91 Å². The largest absolute Gasteiger partial charge is 0.466 e. The van der Waals surface area contributed by atoms with Crippen molar-refractivity contribution in [3.05, 3.63) is 48.6 Å². The van der Waals surface area contributed by atoms with Gasteiger partial charge in [-0.1, -0.05) is 178 Å². The van der Waals surface area contributed by atoms with Crippen molar-refractivity contribution in [1.29, 1.82) is 0 Å². The summed E-state index contributed by atoms with van der Waals surface area (Å²) in [6.07, 6.45) is 56.8. The molecule has 0 rings (SSSR count). The molecule has 0 heterocycles. The third kappa shape index (κ3) is 43.2. The molecule has 0 aliphatic heterocycles. The number of esters is 1. The van der Waals surface area contributed by atoms with Crippen LogP contribution in [0.1, 0.15) is 239 Å². The van der Waals surface area contributed by atoms with Gasteiger partial charge < -0.3 is 20.3 Å². The Kier molecular flexibility index (Phi) is 44.7. The van der Waals surface area contributed by atoms with Gasteiger partial charge in [-0.15, -0.1) is 0 Å². The number of ether oxygens (including phenoxy) is 1. The van der Waals surface area contributed by atoms with E-state index in [0.29, 0.717) is 19.4 Å². The van der Waals surface area contributed by atoms with E-state index < -0.39 is 12.1 Å². The van der Waals surface area contributed by atoms with Crippen LogP contribution in [0.15, 0.2) is 48.6 Å². The minimum absolute atomic E-state index is 0.0278. The predicted molar refractivity (Wildman–Crippen MR) is 245 cm³/mol. The highest BCUT2D eigenvalue weighted by Crippen LogP contribution is 2.13. The maximum Gasteiger partial charge on any atom is 0.305 e. The lowest BCUT2D eigenvalue weighted by atomic mass is 10.1. The Morgan fingerprint density at radius 3 is 1.39 bits per heavy atom. The lowest BCUT2D eigenvalue weighted by Gasteiger charge is -2.20. The number of unbranched alkanes of at least 4 members (excludes halogenated alkanes) is 27. The van der Waals surface area contributed by atoms with Crippen LogP contribution in [0, 0.1) is 0 Å². The van der Waals surface area contributed by atoms with E-state index in [0.717, 1.165) is 83.5 Å². The molecule has 0 aromatic heterocycles. The Morgan fingerprint density at radius 1 is 0.491 bits per heavy atom. The summed E-state index contributed by atoms with van der Waals surface area (Å²) in [4.78, 5) is 24.3. The summed E-state index contributed by atoms with van der Waals surface area (Å²) in [5, 5.41) is 22.9. The van der Waals surface area contributed by atoms with Gasteiger partial charge in [-0.25, -0.2) is 0 Å². The maximum absolute atomic E-state index is 12.4. The van der Waals surface area contributed by atoms with E-state index in [9.17, 15) is 19.8 Å². The van der Waals surface area contributed by atoms with Crippen molar-refractivity contribution in [1.82, 2.24) is 5.32 Å². The fraction of sp³-hybridized carbons (Fsp3) is 0.804. The Balaban J connectivity index is 3.55. The average molecular weight is 800 g/mol. The topological polar surface area (TPSA) is 95.9 Å². The molecule has 0 saturated heterocycles. The number of carbonyl (C=O) groups is 2. The first-order valence-electron chi connectivity index (χ1n) is 24.4. The molecule has 0 spiro atoms. The smallest absolute Gasteiger partial charge is 0.305 e. The van der Waals surface area contributed by atoms with Crippen LogP contribution in [0.2, 0.25) is 0 Å². The molecule has 6 nitrogen and oxygen atoms in total. The number of rotatable bonds is 44. The van der Waals surface area contributed by atoms with Gasteiger partial charge in [0, 0.05) is 12.8 Å². The van der Waals surface area contributed by atoms with Gasteiger partial charge in [-0.3, -0.25) is 9.59 Å². The Labute approximate surface area is 353 Å². The molecule has 2 unspecified atom stereocenters. The van der Waals surface area contributed by atoms with Gasteiger partial charge in [0.05, 0.1) is 25.4 Å². The van der Waals surface area contributed by atoms with Gasteiger partial charge >= 0.3 is 5.97 Å². The zero-order valence-electron chi connectivity index (χ0n) is 37.6. The summed E-state index contributed by atoms with van der Waals surface area (Å²) in [5.74, 6) is -0.115. The van der Waals surface area contributed by atoms with Crippen molar-refractivity contribution in [2.45, 2.75) is 251 Å². The lowest BCUT2D eigenvalue weighted by molar-refractivity contribution is -0.143. The van der Waals surface area contributed by atoms with E-state index in [1.165, 1.54) is 128 Å². The number of amides is 1. The number of aliphatic hydroxyl groups excluding tert-OH is 2. The Morgan fingerprint density at radius 2 is 0.877 bits per heavy atom. The average Bonchev–Trinajstić information content (AvgIpc) is 3.21. The second-order valence-corrected chi connectivity index (χ2v) is 16.4. The number of hydrogen-bond acceptors (Lipinski definition) is 5. The molecule has 0 aliphatic carbocycles. The second kappa shape index (κ2) is 46.5. The van der Waals surface area contributed by atoms with Crippen molar-refractivity contribution >= 4 is 11.9 Å². The van der Waals surface area contributed by atoms with Crippen molar-refractivity contribution in [3.8, 4) is 0 Å². The van der Waals surface area contributed by atoms with E-state index in [-0.39, 0.29) is 18.5 Å². The maximum atomic E-state index is 12.4. The molecule has 0 saturated carbocycles. The van der Waals surface area contributed by atoms with Crippen LogP contribution >= 0.6 is 0 Å². The standard InChI is InChI=1S/C51H93NO5/c1-3-5-7-9-11-13-15-25-29-33-37-41-45-51(56)57-46-42-38-34-30-26-22-20-18-16-17-19-21-24-28-32-36-40-44-50(55)52-48(47-53)49(54)43-39-35-31-27-23-14-12-10-8-6-4-2/h11,13,16,18,22,26,39,43,48-49,53-54H,3-10,12,14-15,17,19-21,23-25,27-38,40-42,44-47H2,1-2H3,(H,52,55)/b13-11-,18-16-,26-22-,43-39+. The fourth-order valence-electron chi connectivity index (χ4n) is 7.01. The molecule has 57 heavy (non-hydrogen) atoms. The third-order valence-corrected chi connectivity index (χ3v) is 10.8. The van der Waals surface area contributed by atoms with Gasteiger partial charge in [-0.2, -0.15) is 0 Å². The number of aliphatic hydroxyl groups is 2. The molecule has 3 N–H and O–H groups in total. The van der Waals surface area contributed by atoms with Gasteiger partial charge in [-0.05, 0) is 96.3 Å². The molecular weight excluding hydrogens is 707 g/mol. The number of hydrogen-bond donors (Lipinski definition) is 3. The predicted octanol–water partition coefficient (Wildman–Crippen LogP) is 14.3. The monoisotopic (exact) mass is 800 g/mol. The SMILES string of the molecule is CCCCC/C=C\CCCCCCCC(=O)OCCCCC/C=C\C/C=C\CCCCCCCCCC(=O)NC(CO)C(O)/C=C/CCCCCCCCCCC. The summed E-state index contributed by atoms with van der Waals surface area (Å²) >= 11 is 0. The molecule has 1 amide bonds. The highest BCUT2D eigenvalue weighted by Gasteiger charge is 2.18. The molecular formula is C51H93NO5. The first-order valence-corrected chi connectivity index (χ1v) is 24.4. The van der Waals surface area contributed by atoms with Crippen molar-refractivity contribution in [3.63, 3.8) is 0 Å². The lowest BCUT2D eigenvalue weighted by Crippen LogP contribution is -2.45. The van der Waals surface area contributed by atoms with E-state index in [1.807, 2.05) is 6.08 Å². The van der Waals surface area contributed by atoms with Crippen LogP contribution in [0.25, 0.3) is 0 Å². The van der Waals surface area contributed by atoms with E-state index in [4.69, 9.17) is 4.74 Å². The van der Waals surface area contributed by atoms with Crippen LogP contribution in [0.4, 0.5) is 0 Å². The molecule has 6 heteroatoms. The minimum atomic E-state index is -0.854. The zero-order chi connectivity index (χ0) is 41.5. The first kappa shape index (κ1) is 54.8. The van der Waals surface area contributed by atoms with Gasteiger partial charge in [0.1, 0.15) is 0 Å². The number of nitrogens with one attached hydrogen (secondary N) is 1. The van der Waals surface area contributed by atoms with Crippen LogP contribution in [-0.4, -0.2) is 47.4 Å². The summed E-state index contributed by atoms with van der Waals surface area (Å²) in [5.41, 5.74) is 0. The number of carbonyl (C=O) groups excluding carboxylic acids is 2. The van der Waals surface area contributed by atoms with E-state index in [2.05, 4.69) is 55.6 Å². The van der Waals surface area contributed by atoms with E-state index in [1.54, 1.807) is 6.08 Å². The summed E-state index contributed by atoms with van der Waals surface area (Å²) in [7, 11) is 0. The van der Waals surface area contributed by atoms with Crippen molar-refractivity contribution in [2.24, 2.45) is 0 Å². The molecule has 0 bridgehead atoms. The van der Waals surface area contributed by atoms with Crippen LogP contribution in [0.5, 0.6) is 0 Å². The molecule has 0 aromatic carbocycles. The highest BCUT2D eigenvalue weighted by atomic mass is 16.5. The molecule has 0 fully saturated rings. The quantitative estimate of drug-likeness (QED) is 0.0324. The van der Waals surface area contributed by atoms with Gasteiger partial charge in [0.15, 0.2) is 0 Å². The Bertz CT molecular complexity index is 973. The van der Waals surface area contributed by atoms with E-state index >= 15 is 0 Å². The summed E-state index contributed by atoms with van der Waals surface area (Å²) < 4.78 is 5.42. The minimum Gasteiger partial charge on any atom is -0.466 e. The zero-order valence-corrected chi connectivity index (χ0v) is 37.6. The van der Waals surface area contributed by atoms with Crippen molar-refractivity contribution < 1.29 is 24.5 Å². The molecule has 2 atom stereocenters. The fourth-order valence-corrected chi connectivity index (χ4v) is 7.01. The molecule has 0 aliphatic rings. The first-order chi connectivity index (χ1) is 28.0. The number of allylic oxidation sites excluding steroid dienone is 7.